The smallest absolute Gasteiger partial charge is 0.244 e. The van der Waals surface area contributed by atoms with Gasteiger partial charge in [0.1, 0.15) is 6.04 Å². The summed E-state index contributed by atoms with van der Waals surface area (Å²) in [6, 6.07) is 7.69. The summed E-state index contributed by atoms with van der Waals surface area (Å²) in [5, 5.41) is 19.3. The Balaban J connectivity index is 2.13. The van der Waals surface area contributed by atoms with Gasteiger partial charge in [-0.3, -0.25) is 9.69 Å². The number of hydrogen-bond acceptors (Lipinski definition) is 4. The lowest BCUT2D eigenvalue weighted by Crippen LogP contribution is -2.51. The van der Waals surface area contributed by atoms with Gasteiger partial charge in [0.15, 0.2) is 0 Å². The number of carbonyl (C=O) groups is 1. The predicted molar refractivity (Wildman–Crippen MR) is 85.5 cm³/mol. The van der Waals surface area contributed by atoms with Crippen molar-refractivity contribution in [3.63, 3.8) is 0 Å². The predicted octanol–water partition coefficient (Wildman–Crippen LogP) is 0.944. The molecule has 1 aliphatic heterocycles. The maximum atomic E-state index is 12.9. The lowest BCUT2D eigenvalue weighted by Gasteiger charge is -2.39. The van der Waals surface area contributed by atoms with Crippen molar-refractivity contribution in [3.8, 4) is 0 Å². The van der Waals surface area contributed by atoms with Gasteiger partial charge in [-0.25, -0.2) is 0 Å². The molecule has 1 amide bonds. The van der Waals surface area contributed by atoms with Gasteiger partial charge in [-0.15, -0.1) is 0 Å². The van der Waals surface area contributed by atoms with Crippen LogP contribution in [0.5, 0.6) is 0 Å². The molecule has 22 heavy (non-hydrogen) atoms. The van der Waals surface area contributed by atoms with Crippen molar-refractivity contribution < 1.29 is 15.0 Å². The van der Waals surface area contributed by atoms with Crippen molar-refractivity contribution >= 4 is 5.91 Å². The number of aliphatic hydroxyl groups is 2. The second-order valence-electron chi connectivity index (χ2n) is 6.48. The summed E-state index contributed by atoms with van der Waals surface area (Å²) in [4.78, 5) is 16.6. The molecule has 0 aromatic heterocycles. The number of aryl methyl sites for hydroxylation is 1. The van der Waals surface area contributed by atoms with Gasteiger partial charge >= 0.3 is 0 Å². The van der Waals surface area contributed by atoms with Gasteiger partial charge < -0.3 is 15.1 Å². The minimum absolute atomic E-state index is 0.0499. The second kappa shape index (κ2) is 6.77. The van der Waals surface area contributed by atoms with Crippen molar-refractivity contribution in [3.05, 3.63) is 35.4 Å². The summed E-state index contributed by atoms with van der Waals surface area (Å²) < 4.78 is 0. The molecular formula is C17H26N2O3. The topological polar surface area (TPSA) is 64.0 Å². The number of rotatable bonds is 4. The van der Waals surface area contributed by atoms with Gasteiger partial charge in [0.2, 0.25) is 5.91 Å². The number of nitrogens with zero attached hydrogens (tertiary/aromatic N) is 2. The highest BCUT2D eigenvalue weighted by molar-refractivity contribution is 5.83. The van der Waals surface area contributed by atoms with E-state index in [9.17, 15) is 15.0 Å². The number of benzene rings is 1. The first-order chi connectivity index (χ1) is 10.4. The van der Waals surface area contributed by atoms with E-state index in [1.807, 2.05) is 50.2 Å². The SMILES string of the molecule is Cc1ccc([C@@H](C(=O)N2CCC(O)(CO)CC2)N(C)C)cc1. The normalized spacial score (nSPS) is 19.3. The number of likely N-dealkylation sites (tertiary alicyclic amines) is 1. The van der Waals surface area contributed by atoms with Gasteiger partial charge in [-0.05, 0) is 39.4 Å². The monoisotopic (exact) mass is 306 g/mol. The molecule has 0 unspecified atom stereocenters. The summed E-state index contributed by atoms with van der Waals surface area (Å²) in [6.07, 6.45) is 0.840. The molecule has 1 aromatic carbocycles. The van der Waals surface area contributed by atoms with Crippen LogP contribution < -0.4 is 0 Å². The van der Waals surface area contributed by atoms with Gasteiger partial charge in [0.05, 0.1) is 12.2 Å². The lowest BCUT2D eigenvalue weighted by atomic mass is 9.91. The second-order valence-corrected chi connectivity index (χ2v) is 6.48. The zero-order valence-electron chi connectivity index (χ0n) is 13.6. The first-order valence-electron chi connectivity index (χ1n) is 7.71. The molecule has 1 heterocycles. The number of piperidine rings is 1. The van der Waals surface area contributed by atoms with E-state index in [4.69, 9.17) is 0 Å². The summed E-state index contributed by atoms with van der Waals surface area (Å²) in [7, 11) is 3.80. The maximum Gasteiger partial charge on any atom is 0.244 e. The van der Waals surface area contributed by atoms with E-state index < -0.39 is 5.60 Å². The van der Waals surface area contributed by atoms with E-state index in [0.29, 0.717) is 25.9 Å². The number of hydrogen-bond donors (Lipinski definition) is 2. The van der Waals surface area contributed by atoms with Crippen LogP contribution in [-0.4, -0.2) is 65.3 Å². The molecule has 1 aliphatic rings. The first-order valence-corrected chi connectivity index (χ1v) is 7.71. The molecule has 0 spiro atoms. The first kappa shape index (κ1) is 16.9. The Bertz CT molecular complexity index is 505. The van der Waals surface area contributed by atoms with Gasteiger partial charge in [-0.1, -0.05) is 29.8 Å². The van der Waals surface area contributed by atoms with E-state index in [-0.39, 0.29) is 18.6 Å². The Hall–Kier alpha value is -1.43. The minimum Gasteiger partial charge on any atom is -0.393 e. The van der Waals surface area contributed by atoms with Gasteiger partial charge in [-0.2, -0.15) is 0 Å². The van der Waals surface area contributed by atoms with Crippen LogP contribution in [0.4, 0.5) is 0 Å². The van der Waals surface area contributed by atoms with E-state index in [0.717, 1.165) is 5.56 Å². The van der Waals surface area contributed by atoms with Crippen LogP contribution in [0.25, 0.3) is 0 Å². The third kappa shape index (κ3) is 3.66. The number of aliphatic hydroxyl groups excluding tert-OH is 1. The molecule has 0 radical (unpaired) electrons. The summed E-state index contributed by atoms with van der Waals surface area (Å²) in [6.45, 7) is 2.74. The third-order valence-electron chi connectivity index (χ3n) is 4.44. The molecule has 1 fully saturated rings. The molecule has 1 atom stereocenters. The number of likely N-dealkylation sites (N-methyl/N-ethyl adjacent to an activating group) is 1. The lowest BCUT2D eigenvalue weighted by molar-refractivity contribution is -0.142. The Morgan fingerprint density at radius 1 is 1.27 bits per heavy atom. The number of carbonyl (C=O) groups excluding carboxylic acids is 1. The average Bonchev–Trinajstić information content (AvgIpc) is 2.50. The Morgan fingerprint density at radius 2 is 1.82 bits per heavy atom. The van der Waals surface area contributed by atoms with Crippen molar-refractivity contribution in [2.45, 2.75) is 31.4 Å². The molecule has 5 nitrogen and oxygen atoms in total. The summed E-state index contributed by atoms with van der Waals surface area (Å²) in [5.41, 5.74) is 1.11. The Morgan fingerprint density at radius 3 is 2.27 bits per heavy atom. The van der Waals surface area contributed by atoms with Crippen LogP contribution in [0, 0.1) is 6.92 Å². The van der Waals surface area contributed by atoms with Crippen LogP contribution in [0.3, 0.4) is 0 Å². The molecule has 0 saturated carbocycles. The van der Waals surface area contributed by atoms with Crippen LogP contribution >= 0.6 is 0 Å². The molecule has 1 aromatic rings. The summed E-state index contributed by atoms with van der Waals surface area (Å²) in [5.74, 6) is 0.0499. The van der Waals surface area contributed by atoms with E-state index in [1.165, 1.54) is 5.56 Å². The standard InChI is InChI=1S/C17H26N2O3/c1-13-4-6-14(7-5-13)15(18(2)3)16(21)19-10-8-17(22,12-20)9-11-19/h4-7,15,20,22H,8-12H2,1-3H3/t15-/m0/s1. The highest BCUT2D eigenvalue weighted by Gasteiger charge is 2.36. The molecule has 2 N–H and O–H groups in total. The van der Waals surface area contributed by atoms with Crippen molar-refractivity contribution in [1.29, 1.82) is 0 Å². The van der Waals surface area contributed by atoms with Crippen molar-refractivity contribution in [1.82, 2.24) is 9.80 Å². The molecule has 1 saturated heterocycles. The minimum atomic E-state index is -1.03. The fourth-order valence-electron chi connectivity index (χ4n) is 2.88. The Labute approximate surface area is 132 Å². The molecule has 2 rings (SSSR count). The van der Waals surface area contributed by atoms with Crippen molar-refractivity contribution in [2.75, 3.05) is 33.8 Å². The van der Waals surface area contributed by atoms with Gasteiger partial charge in [0, 0.05) is 13.1 Å². The molecule has 0 aliphatic carbocycles. The van der Waals surface area contributed by atoms with E-state index in [2.05, 4.69) is 0 Å². The zero-order valence-corrected chi connectivity index (χ0v) is 13.6. The quantitative estimate of drug-likeness (QED) is 0.869. The van der Waals surface area contributed by atoms with E-state index >= 15 is 0 Å². The fraction of sp³-hybridized carbons (Fsp3) is 0.588. The fourth-order valence-corrected chi connectivity index (χ4v) is 2.88. The van der Waals surface area contributed by atoms with Gasteiger partial charge in [0.25, 0.3) is 0 Å². The zero-order chi connectivity index (χ0) is 16.3. The molecule has 5 heteroatoms. The summed E-state index contributed by atoms with van der Waals surface area (Å²) >= 11 is 0. The number of amides is 1. The molecule has 0 bridgehead atoms. The molecule has 122 valence electrons. The van der Waals surface area contributed by atoms with E-state index in [1.54, 1.807) is 4.90 Å². The average molecular weight is 306 g/mol. The maximum absolute atomic E-state index is 12.9. The largest absolute Gasteiger partial charge is 0.393 e. The van der Waals surface area contributed by atoms with Crippen LogP contribution in [0.15, 0.2) is 24.3 Å². The van der Waals surface area contributed by atoms with Crippen LogP contribution in [0.2, 0.25) is 0 Å². The van der Waals surface area contributed by atoms with Crippen molar-refractivity contribution in [2.24, 2.45) is 0 Å². The highest BCUT2D eigenvalue weighted by atomic mass is 16.3. The van der Waals surface area contributed by atoms with Crippen LogP contribution in [-0.2, 0) is 4.79 Å². The molecular weight excluding hydrogens is 280 g/mol. The van der Waals surface area contributed by atoms with Crippen LogP contribution in [0.1, 0.15) is 30.0 Å². The third-order valence-corrected chi connectivity index (χ3v) is 4.44. The highest BCUT2D eigenvalue weighted by Crippen LogP contribution is 2.26. The Kier molecular flexibility index (Phi) is 5.21.